The summed E-state index contributed by atoms with van der Waals surface area (Å²) in [7, 11) is -0.441. The Morgan fingerprint density at radius 3 is 2.53 bits per heavy atom. The van der Waals surface area contributed by atoms with E-state index in [0.29, 0.717) is 11.4 Å². The molecule has 0 radical (unpaired) electrons. The summed E-state index contributed by atoms with van der Waals surface area (Å²) in [6, 6.07) is 4.72. The van der Waals surface area contributed by atoms with Crippen LogP contribution in [0, 0.1) is 0 Å². The van der Waals surface area contributed by atoms with Gasteiger partial charge < -0.3 is 10.5 Å². The molecule has 2 N–H and O–H groups in total. The van der Waals surface area contributed by atoms with Crippen LogP contribution < -0.4 is 10.5 Å². The molecular weight excluding hydrogens is 264 g/mol. The second kappa shape index (κ2) is 5.38. The molecule has 1 saturated carbocycles. The third-order valence-corrected chi connectivity index (χ3v) is 5.63. The average molecular weight is 284 g/mol. The van der Waals surface area contributed by atoms with Crippen LogP contribution in [0.3, 0.4) is 0 Å². The number of sulfonamides is 1. The fraction of sp³-hybridized carbons (Fsp3) is 0.538. The molecule has 0 heterocycles. The topological polar surface area (TPSA) is 72.6 Å². The van der Waals surface area contributed by atoms with E-state index in [1.54, 1.807) is 13.1 Å². The molecule has 1 fully saturated rings. The van der Waals surface area contributed by atoms with Crippen LogP contribution in [0.15, 0.2) is 23.1 Å². The predicted molar refractivity (Wildman–Crippen MR) is 74.6 cm³/mol. The first-order valence-electron chi connectivity index (χ1n) is 6.38. The Bertz CT molecular complexity index is 551. The molecule has 0 unspecified atom stereocenters. The van der Waals surface area contributed by atoms with Crippen LogP contribution in [0.5, 0.6) is 5.75 Å². The number of methoxy groups -OCH3 is 1. The van der Waals surface area contributed by atoms with Crippen LogP contribution >= 0.6 is 0 Å². The van der Waals surface area contributed by atoms with E-state index >= 15 is 0 Å². The van der Waals surface area contributed by atoms with Crippen molar-refractivity contribution in [1.82, 2.24) is 4.31 Å². The molecule has 1 aromatic carbocycles. The van der Waals surface area contributed by atoms with Crippen molar-refractivity contribution in [2.75, 3.05) is 19.9 Å². The summed E-state index contributed by atoms with van der Waals surface area (Å²) in [5, 5.41) is 0. The van der Waals surface area contributed by atoms with E-state index in [1.807, 2.05) is 0 Å². The van der Waals surface area contributed by atoms with Crippen molar-refractivity contribution < 1.29 is 13.2 Å². The van der Waals surface area contributed by atoms with Crippen molar-refractivity contribution in [3.05, 3.63) is 18.2 Å². The standard InChI is InChI=1S/C13H20N2O3S/c1-15(11-5-3-4-6-11)19(16,17)13-8-7-10(14)9-12(13)18-2/h7-9,11H,3-6,14H2,1-2H3. The number of hydrogen-bond donors (Lipinski definition) is 1. The van der Waals surface area contributed by atoms with E-state index < -0.39 is 10.0 Å². The molecular formula is C13H20N2O3S. The van der Waals surface area contributed by atoms with Crippen LogP contribution in [0.2, 0.25) is 0 Å². The van der Waals surface area contributed by atoms with E-state index in [9.17, 15) is 8.42 Å². The number of nitrogens with two attached hydrogens (primary N) is 1. The SMILES string of the molecule is COc1cc(N)ccc1S(=O)(=O)N(C)C1CCCC1. The lowest BCUT2D eigenvalue weighted by molar-refractivity contribution is 0.365. The van der Waals surface area contributed by atoms with Gasteiger partial charge in [-0.15, -0.1) is 0 Å². The Kier molecular flexibility index (Phi) is 4.01. The smallest absolute Gasteiger partial charge is 0.246 e. The summed E-state index contributed by atoms with van der Waals surface area (Å²) < 4.78 is 31.8. The fourth-order valence-electron chi connectivity index (χ4n) is 2.52. The highest BCUT2D eigenvalue weighted by Gasteiger charge is 2.31. The first-order valence-corrected chi connectivity index (χ1v) is 7.82. The maximum Gasteiger partial charge on any atom is 0.246 e. The molecule has 1 aliphatic rings. The lowest BCUT2D eigenvalue weighted by Crippen LogP contribution is -2.35. The van der Waals surface area contributed by atoms with Crippen LogP contribution in [-0.2, 0) is 10.0 Å². The number of rotatable bonds is 4. The molecule has 5 nitrogen and oxygen atoms in total. The Morgan fingerprint density at radius 2 is 1.95 bits per heavy atom. The lowest BCUT2D eigenvalue weighted by atomic mass is 10.3. The molecule has 2 rings (SSSR count). The zero-order valence-corrected chi connectivity index (χ0v) is 12.1. The van der Waals surface area contributed by atoms with Gasteiger partial charge in [-0.05, 0) is 25.0 Å². The van der Waals surface area contributed by atoms with Crippen molar-refractivity contribution in [3.8, 4) is 5.75 Å². The predicted octanol–water partition coefficient (Wildman–Crippen LogP) is 1.84. The highest BCUT2D eigenvalue weighted by Crippen LogP contribution is 2.32. The van der Waals surface area contributed by atoms with E-state index in [1.165, 1.54) is 23.5 Å². The molecule has 0 spiro atoms. The number of anilines is 1. The summed E-state index contributed by atoms with van der Waals surface area (Å²) in [4.78, 5) is 0.179. The molecule has 106 valence electrons. The first-order chi connectivity index (χ1) is 8.96. The molecule has 19 heavy (non-hydrogen) atoms. The van der Waals surface area contributed by atoms with Gasteiger partial charge in [0.2, 0.25) is 10.0 Å². The second-order valence-electron chi connectivity index (χ2n) is 4.87. The second-order valence-corrected chi connectivity index (χ2v) is 6.84. The molecule has 0 saturated heterocycles. The van der Waals surface area contributed by atoms with Gasteiger partial charge in [0.15, 0.2) is 0 Å². The fourth-order valence-corrected chi connectivity index (χ4v) is 4.07. The van der Waals surface area contributed by atoms with E-state index in [2.05, 4.69) is 0 Å². The Hall–Kier alpha value is -1.27. The zero-order valence-electron chi connectivity index (χ0n) is 11.3. The summed E-state index contributed by atoms with van der Waals surface area (Å²) in [5.41, 5.74) is 6.14. The lowest BCUT2D eigenvalue weighted by Gasteiger charge is -2.24. The largest absolute Gasteiger partial charge is 0.495 e. The van der Waals surface area contributed by atoms with Crippen molar-refractivity contribution in [2.24, 2.45) is 0 Å². The van der Waals surface area contributed by atoms with Gasteiger partial charge in [-0.25, -0.2) is 8.42 Å². The normalized spacial score (nSPS) is 17.0. The summed E-state index contributed by atoms with van der Waals surface area (Å²) in [6.07, 6.45) is 4.02. The number of ether oxygens (including phenoxy) is 1. The van der Waals surface area contributed by atoms with Gasteiger partial charge in [0.25, 0.3) is 0 Å². The van der Waals surface area contributed by atoms with Gasteiger partial charge in [0.05, 0.1) is 7.11 Å². The van der Waals surface area contributed by atoms with Gasteiger partial charge in [0.1, 0.15) is 10.6 Å². The molecule has 0 bridgehead atoms. The van der Waals surface area contributed by atoms with Gasteiger partial charge in [-0.2, -0.15) is 4.31 Å². The van der Waals surface area contributed by atoms with Crippen LogP contribution in [0.4, 0.5) is 5.69 Å². The van der Waals surface area contributed by atoms with Crippen molar-refractivity contribution >= 4 is 15.7 Å². The maximum atomic E-state index is 12.6. The molecule has 0 atom stereocenters. The van der Waals surface area contributed by atoms with E-state index in [0.717, 1.165) is 25.7 Å². The molecule has 1 aliphatic carbocycles. The molecule has 1 aromatic rings. The monoisotopic (exact) mass is 284 g/mol. The number of nitrogens with zero attached hydrogens (tertiary/aromatic N) is 1. The van der Waals surface area contributed by atoms with Crippen molar-refractivity contribution in [1.29, 1.82) is 0 Å². The zero-order chi connectivity index (χ0) is 14.0. The quantitative estimate of drug-likeness (QED) is 0.856. The summed E-state index contributed by atoms with van der Waals surface area (Å²) in [5.74, 6) is 0.296. The summed E-state index contributed by atoms with van der Waals surface area (Å²) >= 11 is 0. The van der Waals surface area contributed by atoms with Gasteiger partial charge in [0, 0.05) is 24.8 Å². The van der Waals surface area contributed by atoms with Crippen LogP contribution in [-0.4, -0.2) is 32.9 Å². The van der Waals surface area contributed by atoms with Gasteiger partial charge in [-0.1, -0.05) is 12.8 Å². The molecule has 0 aromatic heterocycles. The van der Waals surface area contributed by atoms with Gasteiger partial charge in [-0.3, -0.25) is 0 Å². The molecule has 0 amide bonds. The highest BCUT2D eigenvalue weighted by atomic mass is 32.2. The molecule has 0 aliphatic heterocycles. The number of hydrogen-bond acceptors (Lipinski definition) is 4. The summed E-state index contributed by atoms with van der Waals surface area (Å²) in [6.45, 7) is 0. The highest BCUT2D eigenvalue weighted by molar-refractivity contribution is 7.89. The van der Waals surface area contributed by atoms with Crippen LogP contribution in [0.25, 0.3) is 0 Å². The maximum absolute atomic E-state index is 12.6. The van der Waals surface area contributed by atoms with E-state index in [4.69, 9.17) is 10.5 Å². The minimum atomic E-state index is -3.53. The van der Waals surface area contributed by atoms with Crippen LogP contribution in [0.1, 0.15) is 25.7 Å². The Labute approximate surface area is 114 Å². The Morgan fingerprint density at radius 1 is 1.32 bits per heavy atom. The van der Waals surface area contributed by atoms with Gasteiger partial charge >= 0.3 is 0 Å². The average Bonchev–Trinajstić information content (AvgIpc) is 2.91. The molecule has 6 heteroatoms. The first kappa shape index (κ1) is 14.1. The third kappa shape index (κ3) is 2.69. The van der Waals surface area contributed by atoms with E-state index in [-0.39, 0.29) is 10.9 Å². The minimum absolute atomic E-state index is 0.0901. The Balaban J connectivity index is 2.38. The van der Waals surface area contributed by atoms with Crippen molar-refractivity contribution in [2.45, 2.75) is 36.6 Å². The number of benzene rings is 1. The number of nitrogen functional groups attached to an aromatic ring is 1. The third-order valence-electron chi connectivity index (χ3n) is 3.68. The van der Waals surface area contributed by atoms with Crippen molar-refractivity contribution in [3.63, 3.8) is 0 Å². The minimum Gasteiger partial charge on any atom is -0.495 e.